The van der Waals surface area contributed by atoms with Gasteiger partial charge in [-0.1, -0.05) is 0 Å². The lowest BCUT2D eigenvalue weighted by atomic mass is 9.99. The Morgan fingerprint density at radius 1 is 1.55 bits per heavy atom. The Balaban J connectivity index is 3.55. The molecule has 0 amide bonds. The maximum absolute atomic E-state index is 9.29. The SMILES string of the molecule is CC(O)C(C)(C)NCCCN. The summed E-state index contributed by atoms with van der Waals surface area (Å²) in [5.41, 5.74) is 5.13. The average molecular weight is 160 g/mol. The topological polar surface area (TPSA) is 58.3 Å². The molecule has 0 aliphatic heterocycles. The summed E-state index contributed by atoms with van der Waals surface area (Å²) in [6.45, 7) is 7.31. The molecule has 1 atom stereocenters. The van der Waals surface area contributed by atoms with E-state index in [2.05, 4.69) is 5.32 Å². The van der Waals surface area contributed by atoms with Crippen molar-refractivity contribution in [1.82, 2.24) is 5.32 Å². The van der Waals surface area contributed by atoms with Crippen molar-refractivity contribution in [3.05, 3.63) is 0 Å². The average Bonchev–Trinajstić information content (AvgIpc) is 1.88. The van der Waals surface area contributed by atoms with E-state index in [1.54, 1.807) is 6.92 Å². The standard InChI is InChI=1S/C8H20N2O/c1-7(11)8(2,3)10-6-4-5-9/h7,10-11H,4-6,9H2,1-3H3. The first-order valence-electron chi connectivity index (χ1n) is 4.14. The second-order valence-electron chi connectivity index (χ2n) is 3.47. The summed E-state index contributed by atoms with van der Waals surface area (Å²) < 4.78 is 0. The molecule has 3 heteroatoms. The second-order valence-corrected chi connectivity index (χ2v) is 3.47. The first-order chi connectivity index (χ1) is 5.00. The van der Waals surface area contributed by atoms with E-state index in [1.807, 2.05) is 13.8 Å². The summed E-state index contributed by atoms with van der Waals surface area (Å²) in [5, 5.41) is 12.5. The van der Waals surface area contributed by atoms with E-state index >= 15 is 0 Å². The van der Waals surface area contributed by atoms with Crippen LogP contribution < -0.4 is 11.1 Å². The molecule has 3 nitrogen and oxygen atoms in total. The van der Waals surface area contributed by atoms with Gasteiger partial charge in [0.1, 0.15) is 0 Å². The molecule has 68 valence electrons. The summed E-state index contributed by atoms with van der Waals surface area (Å²) >= 11 is 0. The van der Waals surface area contributed by atoms with Crippen LogP contribution >= 0.6 is 0 Å². The van der Waals surface area contributed by atoms with E-state index in [4.69, 9.17) is 5.73 Å². The van der Waals surface area contributed by atoms with E-state index in [0.29, 0.717) is 6.54 Å². The number of hydrogen-bond donors (Lipinski definition) is 3. The largest absolute Gasteiger partial charge is 0.392 e. The molecule has 0 heterocycles. The summed E-state index contributed by atoms with van der Waals surface area (Å²) in [6, 6.07) is 0. The normalized spacial score (nSPS) is 15.0. The minimum atomic E-state index is -0.333. The smallest absolute Gasteiger partial charge is 0.0688 e. The van der Waals surface area contributed by atoms with Crippen molar-refractivity contribution < 1.29 is 5.11 Å². The van der Waals surface area contributed by atoms with Gasteiger partial charge in [0.05, 0.1) is 6.10 Å². The van der Waals surface area contributed by atoms with Crippen LogP contribution in [0.1, 0.15) is 27.2 Å². The maximum Gasteiger partial charge on any atom is 0.0688 e. The van der Waals surface area contributed by atoms with Gasteiger partial charge < -0.3 is 16.2 Å². The molecule has 0 fully saturated rings. The Hall–Kier alpha value is -0.120. The summed E-state index contributed by atoms with van der Waals surface area (Å²) in [7, 11) is 0. The third-order valence-electron chi connectivity index (χ3n) is 2.01. The molecule has 0 aromatic heterocycles. The van der Waals surface area contributed by atoms with E-state index in [-0.39, 0.29) is 11.6 Å². The minimum Gasteiger partial charge on any atom is -0.392 e. The van der Waals surface area contributed by atoms with Crippen molar-refractivity contribution in [2.24, 2.45) is 5.73 Å². The highest BCUT2D eigenvalue weighted by Crippen LogP contribution is 2.07. The van der Waals surface area contributed by atoms with Gasteiger partial charge in [-0.15, -0.1) is 0 Å². The van der Waals surface area contributed by atoms with Crippen LogP contribution in [0, 0.1) is 0 Å². The van der Waals surface area contributed by atoms with Gasteiger partial charge >= 0.3 is 0 Å². The quantitative estimate of drug-likeness (QED) is 0.499. The fourth-order valence-electron chi connectivity index (χ4n) is 0.660. The van der Waals surface area contributed by atoms with Crippen molar-refractivity contribution in [2.75, 3.05) is 13.1 Å². The molecule has 0 aromatic carbocycles. The number of hydrogen-bond acceptors (Lipinski definition) is 3. The van der Waals surface area contributed by atoms with E-state index in [9.17, 15) is 5.11 Å². The molecular formula is C8H20N2O. The van der Waals surface area contributed by atoms with Crippen LogP contribution in [0.3, 0.4) is 0 Å². The summed E-state index contributed by atoms with van der Waals surface area (Å²) in [4.78, 5) is 0. The number of nitrogens with one attached hydrogen (secondary N) is 1. The van der Waals surface area contributed by atoms with Crippen molar-refractivity contribution >= 4 is 0 Å². The first-order valence-corrected chi connectivity index (χ1v) is 4.14. The molecule has 4 N–H and O–H groups in total. The number of rotatable bonds is 5. The first kappa shape index (κ1) is 10.9. The molecule has 1 unspecified atom stereocenters. The van der Waals surface area contributed by atoms with Crippen molar-refractivity contribution in [3.63, 3.8) is 0 Å². The summed E-state index contributed by atoms with van der Waals surface area (Å²) in [5.74, 6) is 0. The highest BCUT2D eigenvalue weighted by Gasteiger charge is 2.22. The molecule has 0 saturated heterocycles. The van der Waals surface area contributed by atoms with Crippen LogP contribution in [0.4, 0.5) is 0 Å². The van der Waals surface area contributed by atoms with Gasteiger partial charge in [-0.2, -0.15) is 0 Å². The van der Waals surface area contributed by atoms with Crippen LogP contribution in [-0.2, 0) is 0 Å². The van der Waals surface area contributed by atoms with Gasteiger partial charge in [-0.3, -0.25) is 0 Å². The summed E-state index contributed by atoms with van der Waals surface area (Å²) in [6.07, 6.45) is 0.621. The van der Waals surface area contributed by atoms with E-state index in [1.165, 1.54) is 0 Å². The minimum absolute atomic E-state index is 0.199. The van der Waals surface area contributed by atoms with Gasteiger partial charge in [0.15, 0.2) is 0 Å². The zero-order valence-corrected chi connectivity index (χ0v) is 7.72. The van der Waals surface area contributed by atoms with Gasteiger partial charge in [0.2, 0.25) is 0 Å². The lowest BCUT2D eigenvalue weighted by Crippen LogP contribution is -2.48. The van der Waals surface area contributed by atoms with Gasteiger partial charge in [-0.05, 0) is 40.3 Å². The Labute approximate surface area is 69.0 Å². The molecule has 0 saturated carbocycles. The highest BCUT2D eigenvalue weighted by molar-refractivity contribution is 4.82. The van der Waals surface area contributed by atoms with Crippen LogP contribution in [0.5, 0.6) is 0 Å². The monoisotopic (exact) mass is 160 g/mol. The zero-order valence-electron chi connectivity index (χ0n) is 7.72. The predicted octanol–water partition coefficient (Wildman–Crippen LogP) is 0.0842. The molecular weight excluding hydrogens is 140 g/mol. The van der Waals surface area contributed by atoms with Crippen LogP contribution in [-0.4, -0.2) is 29.8 Å². The van der Waals surface area contributed by atoms with Gasteiger partial charge in [0.25, 0.3) is 0 Å². The number of nitrogens with two attached hydrogens (primary N) is 1. The van der Waals surface area contributed by atoms with E-state index in [0.717, 1.165) is 13.0 Å². The second kappa shape index (κ2) is 4.70. The molecule has 0 aliphatic rings. The molecule has 0 aliphatic carbocycles. The molecule has 0 radical (unpaired) electrons. The Morgan fingerprint density at radius 3 is 2.45 bits per heavy atom. The maximum atomic E-state index is 9.29. The highest BCUT2D eigenvalue weighted by atomic mass is 16.3. The van der Waals surface area contributed by atoms with Crippen molar-refractivity contribution in [3.8, 4) is 0 Å². The lowest BCUT2D eigenvalue weighted by Gasteiger charge is -2.29. The van der Waals surface area contributed by atoms with Gasteiger partial charge in [0, 0.05) is 5.54 Å². The Bertz CT molecular complexity index is 102. The van der Waals surface area contributed by atoms with Crippen molar-refractivity contribution in [2.45, 2.75) is 38.8 Å². The van der Waals surface area contributed by atoms with Crippen LogP contribution in [0.2, 0.25) is 0 Å². The van der Waals surface area contributed by atoms with Crippen LogP contribution in [0.15, 0.2) is 0 Å². The molecule has 0 spiro atoms. The molecule has 0 aromatic rings. The lowest BCUT2D eigenvalue weighted by molar-refractivity contribution is 0.0969. The Morgan fingerprint density at radius 2 is 2.09 bits per heavy atom. The molecule has 0 bridgehead atoms. The van der Waals surface area contributed by atoms with Crippen LogP contribution in [0.25, 0.3) is 0 Å². The zero-order chi connectivity index (χ0) is 8.91. The third kappa shape index (κ3) is 4.35. The van der Waals surface area contributed by atoms with E-state index < -0.39 is 0 Å². The van der Waals surface area contributed by atoms with Gasteiger partial charge in [-0.25, -0.2) is 0 Å². The number of aliphatic hydroxyl groups excluding tert-OH is 1. The fourth-order valence-corrected chi connectivity index (χ4v) is 0.660. The fraction of sp³-hybridized carbons (Fsp3) is 1.00. The number of aliphatic hydroxyl groups is 1. The van der Waals surface area contributed by atoms with Crippen molar-refractivity contribution in [1.29, 1.82) is 0 Å². The third-order valence-corrected chi connectivity index (χ3v) is 2.01. The predicted molar refractivity (Wildman–Crippen MR) is 47.4 cm³/mol. The molecule has 0 rings (SSSR count). The molecule has 11 heavy (non-hydrogen) atoms. The Kier molecular flexibility index (Phi) is 4.65.